The van der Waals surface area contributed by atoms with Gasteiger partial charge in [-0.25, -0.2) is 5.53 Å². The van der Waals surface area contributed by atoms with Gasteiger partial charge in [0.25, 0.3) is 5.56 Å². The van der Waals surface area contributed by atoms with E-state index in [1.807, 2.05) is 30.3 Å². The summed E-state index contributed by atoms with van der Waals surface area (Å²) in [5.74, 6) is 0. The van der Waals surface area contributed by atoms with Crippen molar-refractivity contribution in [2.45, 2.75) is 0 Å². The first-order chi connectivity index (χ1) is 7.24. The minimum Gasteiger partial charge on any atom is -0.293 e. The lowest BCUT2D eigenvalue weighted by atomic mass is 10.1. The second kappa shape index (κ2) is 3.53. The molecule has 0 fully saturated rings. The Bertz CT molecular complexity index is 538. The van der Waals surface area contributed by atoms with E-state index in [1.54, 1.807) is 7.05 Å². The summed E-state index contributed by atoms with van der Waals surface area (Å²) in [5, 5.41) is 6.12. The number of nitrogens with zero attached hydrogens (tertiary/aromatic N) is 2. The van der Waals surface area contributed by atoms with Crippen molar-refractivity contribution in [3.63, 3.8) is 0 Å². The van der Waals surface area contributed by atoms with E-state index in [2.05, 4.69) is 10.2 Å². The Morgan fingerprint density at radius 1 is 1.33 bits per heavy atom. The molecule has 0 aliphatic carbocycles. The zero-order chi connectivity index (χ0) is 10.8. The smallest absolute Gasteiger partial charge is 0.293 e. The number of benzene rings is 1. The van der Waals surface area contributed by atoms with E-state index in [9.17, 15) is 4.79 Å². The number of rotatable bonds is 2. The predicted molar refractivity (Wildman–Crippen MR) is 56.3 cm³/mol. The summed E-state index contributed by atoms with van der Waals surface area (Å²) >= 11 is 0. The summed E-state index contributed by atoms with van der Waals surface area (Å²) in [6.45, 7) is 0. The molecule has 1 aromatic carbocycles. The normalized spacial score (nSPS) is 10.2. The number of aryl methyl sites for hydroxylation is 1. The average Bonchev–Trinajstić information content (AvgIpc) is 2.56. The third-order valence-corrected chi connectivity index (χ3v) is 2.20. The number of aromatic amines is 1. The van der Waals surface area contributed by atoms with Crippen LogP contribution in [0.3, 0.4) is 0 Å². The highest BCUT2D eigenvalue weighted by atomic mass is 16.1. The highest BCUT2D eigenvalue weighted by Gasteiger charge is 2.12. The van der Waals surface area contributed by atoms with Crippen molar-refractivity contribution in [3.05, 3.63) is 40.7 Å². The van der Waals surface area contributed by atoms with Crippen molar-refractivity contribution >= 4 is 5.69 Å². The second-order valence-electron chi connectivity index (χ2n) is 3.18. The molecule has 1 aromatic heterocycles. The highest BCUT2D eigenvalue weighted by Crippen LogP contribution is 2.24. The first kappa shape index (κ1) is 9.39. The van der Waals surface area contributed by atoms with Crippen LogP contribution in [-0.2, 0) is 7.05 Å². The quantitative estimate of drug-likeness (QED) is 0.718. The number of hydrogen-bond acceptors (Lipinski definition) is 3. The van der Waals surface area contributed by atoms with Crippen LogP contribution in [0.15, 0.2) is 40.2 Å². The number of aromatic nitrogens is 2. The molecule has 15 heavy (non-hydrogen) atoms. The summed E-state index contributed by atoms with van der Waals surface area (Å²) in [4.78, 5) is 11.5. The van der Waals surface area contributed by atoms with E-state index in [1.165, 1.54) is 4.68 Å². The van der Waals surface area contributed by atoms with Gasteiger partial charge in [-0.05, 0) is 0 Å². The zero-order valence-corrected chi connectivity index (χ0v) is 8.19. The molecular formula is C10H10N4O. The van der Waals surface area contributed by atoms with Gasteiger partial charge in [-0.2, -0.15) is 5.11 Å². The molecule has 2 N–H and O–H groups in total. The summed E-state index contributed by atoms with van der Waals surface area (Å²) in [7, 11) is 1.60. The maximum absolute atomic E-state index is 11.5. The van der Waals surface area contributed by atoms with Gasteiger partial charge in [0.05, 0.1) is 5.69 Å². The molecule has 5 nitrogen and oxygen atoms in total. The van der Waals surface area contributed by atoms with Crippen LogP contribution in [0.1, 0.15) is 0 Å². The van der Waals surface area contributed by atoms with E-state index in [4.69, 9.17) is 5.53 Å². The molecule has 2 rings (SSSR count). The van der Waals surface area contributed by atoms with E-state index in [-0.39, 0.29) is 11.2 Å². The zero-order valence-electron chi connectivity index (χ0n) is 8.19. The molecule has 0 amide bonds. The van der Waals surface area contributed by atoms with Crippen LogP contribution in [0.2, 0.25) is 0 Å². The lowest BCUT2D eigenvalue weighted by Crippen LogP contribution is -2.10. The van der Waals surface area contributed by atoms with Crippen LogP contribution in [-0.4, -0.2) is 9.78 Å². The molecule has 76 valence electrons. The van der Waals surface area contributed by atoms with Crippen molar-refractivity contribution < 1.29 is 0 Å². The first-order valence-electron chi connectivity index (χ1n) is 4.46. The molecule has 0 bridgehead atoms. The Labute approximate surface area is 85.9 Å². The molecule has 1 heterocycles. The summed E-state index contributed by atoms with van der Waals surface area (Å²) < 4.78 is 1.32. The van der Waals surface area contributed by atoms with Gasteiger partial charge < -0.3 is 0 Å². The molecule has 2 aromatic rings. The van der Waals surface area contributed by atoms with Crippen LogP contribution < -0.4 is 5.56 Å². The van der Waals surface area contributed by atoms with Crippen LogP contribution in [0.25, 0.3) is 11.3 Å². The van der Waals surface area contributed by atoms with Gasteiger partial charge in [-0.15, -0.1) is 0 Å². The predicted octanol–water partition coefficient (Wildman–Crippen LogP) is 2.04. The van der Waals surface area contributed by atoms with Crippen molar-refractivity contribution in [2.24, 2.45) is 12.2 Å². The molecule has 0 aliphatic rings. The first-order valence-corrected chi connectivity index (χ1v) is 4.46. The SMILES string of the molecule is Cn1[nH]c(-c2ccccc2)c(N=N)c1=O. The van der Waals surface area contributed by atoms with E-state index < -0.39 is 0 Å². The standard InChI is InChI=1S/C10H10N4O/c1-14-10(15)9(12-11)8(13-14)7-5-3-2-4-6-7/h2-6,11,13H,1H3. The van der Waals surface area contributed by atoms with Gasteiger partial charge in [0.1, 0.15) is 0 Å². The molecule has 0 radical (unpaired) electrons. The van der Waals surface area contributed by atoms with Crippen LogP contribution in [0, 0.1) is 5.53 Å². The average molecular weight is 202 g/mol. The summed E-state index contributed by atoms with van der Waals surface area (Å²) in [5.41, 5.74) is 8.26. The van der Waals surface area contributed by atoms with Crippen LogP contribution >= 0.6 is 0 Å². The van der Waals surface area contributed by atoms with Gasteiger partial charge in [-0.1, -0.05) is 30.3 Å². The molecule has 0 spiro atoms. The largest absolute Gasteiger partial charge is 0.294 e. The van der Waals surface area contributed by atoms with Gasteiger partial charge in [0, 0.05) is 12.6 Å². The van der Waals surface area contributed by atoms with Gasteiger partial charge in [0.2, 0.25) is 0 Å². The fraction of sp³-hybridized carbons (Fsp3) is 0.100. The third-order valence-electron chi connectivity index (χ3n) is 2.20. The Morgan fingerprint density at radius 3 is 2.60 bits per heavy atom. The molecule has 0 unspecified atom stereocenters. The minimum absolute atomic E-state index is 0.142. The Morgan fingerprint density at radius 2 is 2.00 bits per heavy atom. The van der Waals surface area contributed by atoms with E-state index in [0.717, 1.165) is 5.56 Å². The van der Waals surface area contributed by atoms with Gasteiger partial charge in [-0.3, -0.25) is 14.6 Å². The van der Waals surface area contributed by atoms with Crippen LogP contribution in [0.4, 0.5) is 5.69 Å². The van der Waals surface area contributed by atoms with Crippen molar-refractivity contribution in [3.8, 4) is 11.3 Å². The lowest BCUT2D eigenvalue weighted by Gasteiger charge is -1.96. The summed E-state index contributed by atoms with van der Waals surface area (Å²) in [6.07, 6.45) is 0. The Hall–Kier alpha value is -2.17. The fourth-order valence-electron chi connectivity index (χ4n) is 1.45. The topological polar surface area (TPSA) is 74.0 Å². The van der Waals surface area contributed by atoms with Crippen LogP contribution in [0.5, 0.6) is 0 Å². The molecule has 0 atom stereocenters. The summed E-state index contributed by atoms with van der Waals surface area (Å²) in [6, 6.07) is 9.35. The second-order valence-corrected chi connectivity index (χ2v) is 3.18. The monoisotopic (exact) mass is 202 g/mol. The third kappa shape index (κ3) is 1.48. The van der Waals surface area contributed by atoms with Crippen molar-refractivity contribution in [2.75, 3.05) is 0 Å². The maximum atomic E-state index is 11.5. The van der Waals surface area contributed by atoms with Gasteiger partial charge >= 0.3 is 0 Å². The lowest BCUT2D eigenvalue weighted by molar-refractivity contribution is 0.742. The van der Waals surface area contributed by atoms with Crippen molar-refractivity contribution in [1.29, 1.82) is 5.53 Å². The fourth-order valence-corrected chi connectivity index (χ4v) is 1.45. The molecular weight excluding hydrogens is 192 g/mol. The number of nitrogens with one attached hydrogen (secondary N) is 2. The molecule has 5 heteroatoms. The number of H-pyrrole nitrogens is 1. The highest BCUT2D eigenvalue weighted by molar-refractivity contribution is 5.70. The van der Waals surface area contributed by atoms with E-state index in [0.29, 0.717) is 5.69 Å². The number of hydrogen-bond donors (Lipinski definition) is 2. The molecule has 0 aliphatic heterocycles. The van der Waals surface area contributed by atoms with E-state index >= 15 is 0 Å². The Balaban J connectivity index is 2.69. The van der Waals surface area contributed by atoms with Crippen molar-refractivity contribution in [1.82, 2.24) is 9.78 Å². The van der Waals surface area contributed by atoms with Gasteiger partial charge in [0.15, 0.2) is 5.69 Å². The maximum Gasteiger partial charge on any atom is 0.294 e. The molecule has 0 saturated carbocycles. The molecule has 0 saturated heterocycles. The minimum atomic E-state index is -0.288. The Kier molecular flexibility index (Phi) is 2.21.